The molecular weight excluding hydrogens is 394 g/mol. The first-order chi connectivity index (χ1) is 13.7. The minimum Gasteiger partial charge on any atom is -0.348 e. The Balaban J connectivity index is 1.43. The average molecular weight is 414 g/mol. The van der Waals surface area contributed by atoms with E-state index >= 15 is 0 Å². The normalized spacial score (nSPS) is 14.6. The smallest absolute Gasteiger partial charge is 0.230 e. The minimum absolute atomic E-state index is 0.0590. The van der Waals surface area contributed by atoms with Crippen LogP contribution in [0.2, 0.25) is 5.02 Å². The summed E-state index contributed by atoms with van der Waals surface area (Å²) in [4.78, 5) is 12.7. The third kappa shape index (κ3) is 4.72. The van der Waals surface area contributed by atoms with E-state index in [4.69, 9.17) is 11.6 Å². The Labute approximate surface area is 172 Å². The Bertz CT molecular complexity index is 945. The summed E-state index contributed by atoms with van der Waals surface area (Å²) in [7, 11) is 0. The molecule has 0 radical (unpaired) electrons. The van der Waals surface area contributed by atoms with E-state index in [9.17, 15) is 4.79 Å². The summed E-state index contributed by atoms with van der Waals surface area (Å²) in [5, 5.41) is 16.3. The van der Waals surface area contributed by atoms with Gasteiger partial charge in [0, 0.05) is 5.02 Å². The van der Waals surface area contributed by atoms with E-state index in [1.165, 1.54) is 11.8 Å². The van der Waals surface area contributed by atoms with Crippen molar-refractivity contribution in [3.8, 4) is 0 Å². The molecule has 1 atom stereocenters. The number of carbonyl (C=O) groups is 1. The molecule has 1 unspecified atom stereocenters. The molecule has 1 saturated carbocycles. The third-order valence-corrected chi connectivity index (χ3v) is 5.91. The second-order valence-electron chi connectivity index (χ2n) is 6.75. The molecular formula is C20H20ClN5OS. The predicted molar refractivity (Wildman–Crippen MR) is 109 cm³/mol. The van der Waals surface area contributed by atoms with Gasteiger partial charge in [-0.15, -0.1) is 5.10 Å². The fourth-order valence-electron chi connectivity index (χ4n) is 3.02. The molecule has 144 valence electrons. The lowest BCUT2D eigenvalue weighted by molar-refractivity contribution is -0.119. The first kappa shape index (κ1) is 19.0. The molecule has 1 N–H and O–H groups in total. The number of amides is 1. The van der Waals surface area contributed by atoms with Gasteiger partial charge in [0.1, 0.15) is 0 Å². The van der Waals surface area contributed by atoms with Crippen molar-refractivity contribution in [1.82, 2.24) is 25.5 Å². The molecule has 1 amide bonds. The van der Waals surface area contributed by atoms with Crippen molar-refractivity contribution < 1.29 is 4.79 Å². The molecule has 6 nitrogen and oxygen atoms in total. The first-order valence-electron chi connectivity index (χ1n) is 9.19. The molecule has 0 saturated heterocycles. The molecule has 8 heteroatoms. The summed E-state index contributed by atoms with van der Waals surface area (Å²) in [6.07, 6.45) is 2.82. The fourth-order valence-corrected chi connectivity index (χ4v) is 3.98. The third-order valence-electron chi connectivity index (χ3n) is 4.61. The topological polar surface area (TPSA) is 72.7 Å². The maximum Gasteiger partial charge on any atom is 0.230 e. The van der Waals surface area contributed by atoms with Gasteiger partial charge in [-0.3, -0.25) is 4.79 Å². The minimum atomic E-state index is -0.159. The lowest BCUT2D eigenvalue weighted by Gasteiger charge is -2.20. The lowest BCUT2D eigenvalue weighted by atomic mass is 9.99. The standard InChI is InChI=1S/C20H20ClN5OS/c21-17-9-5-4-8-15(17)12-18(14-6-2-1-3-7-14)22-19(27)13-28-20-23-24-25-26(20)16-10-11-16/h1-9,16,18H,10-13H2,(H,22,27). The summed E-state index contributed by atoms with van der Waals surface area (Å²) in [6.45, 7) is 0. The van der Waals surface area contributed by atoms with E-state index in [0.717, 1.165) is 24.0 Å². The Hall–Kier alpha value is -2.38. The second kappa shape index (κ2) is 8.75. The molecule has 1 aromatic heterocycles. The van der Waals surface area contributed by atoms with E-state index in [1.54, 1.807) is 0 Å². The highest BCUT2D eigenvalue weighted by atomic mass is 35.5. The highest BCUT2D eigenvalue weighted by Gasteiger charge is 2.28. The largest absolute Gasteiger partial charge is 0.348 e. The summed E-state index contributed by atoms with van der Waals surface area (Å²) in [5.74, 6) is 0.204. The van der Waals surface area contributed by atoms with Crippen LogP contribution in [0.5, 0.6) is 0 Å². The second-order valence-corrected chi connectivity index (χ2v) is 8.10. The van der Waals surface area contributed by atoms with Crippen molar-refractivity contribution in [3.63, 3.8) is 0 Å². The Morgan fingerprint density at radius 2 is 1.93 bits per heavy atom. The van der Waals surface area contributed by atoms with Crippen molar-refractivity contribution >= 4 is 29.3 Å². The van der Waals surface area contributed by atoms with Gasteiger partial charge in [0.2, 0.25) is 11.1 Å². The van der Waals surface area contributed by atoms with Crippen LogP contribution >= 0.6 is 23.4 Å². The van der Waals surface area contributed by atoms with Crippen LogP contribution in [0.15, 0.2) is 59.8 Å². The van der Waals surface area contributed by atoms with Crippen LogP contribution in [0.4, 0.5) is 0 Å². The van der Waals surface area contributed by atoms with Crippen molar-refractivity contribution in [2.24, 2.45) is 0 Å². The van der Waals surface area contributed by atoms with Crippen LogP contribution in [-0.2, 0) is 11.2 Å². The van der Waals surface area contributed by atoms with Crippen LogP contribution in [0.1, 0.15) is 36.1 Å². The maximum absolute atomic E-state index is 12.7. The number of tetrazole rings is 1. The number of thioether (sulfide) groups is 1. The number of hydrogen-bond acceptors (Lipinski definition) is 5. The molecule has 28 heavy (non-hydrogen) atoms. The quantitative estimate of drug-likeness (QED) is 0.568. The molecule has 4 rings (SSSR count). The van der Waals surface area contributed by atoms with E-state index in [-0.39, 0.29) is 17.7 Å². The van der Waals surface area contributed by atoms with E-state index < -0.39 is 0 Å². The zero-order valence-corrected chi connectivity index (χ0v) is 16.7. The molecule has 2 aromatic carbocycles. The van der Waals surface area contributed by atoms with Gasteiger partial charge in [-0.1, -0.05) is 71.9 Å². The molecule has 3 aromatic rings. The number of nitrogens with one attached hydrogen (secondary N) is 1. The van der Waals surface area contributed by atoms with Crippen LogP contribution in [0.3, 0.4) is 0 Å². The van der Waals surface area contributed by atoms with Gasteiger partial charge in [0.05, 0.1) is 17.8 Å². The lowest BCUT2D eigenvalue weighted by Crippen LogP contribution is -2.31. The molecule has 1 fully saturated rings. The number of halogens is 1. The van der Waals surface area contributed by atoms with Gasteiger partial charge >= 0.3 is 0 Å². The van der Waals surface area contributed by atoms with Crippen LogP contribution in [-0.4, -0.2) is 31.9 Å². The highest BCUT2D eigenvalue weighted by molar-refractivity contribution is 7.99. The Kier molecular flexibility index (Phi) is 5.92. The summed E-state index contributed by atoms with van der Waals surface area (Å²) < 4.78 is 1.82. The Morgan fingerprint density at radius 1 is 1.18 bits per heavy atom. The Morgan fingerprint density at radius 3 is 2.68 bits per heavy atom. The van der Waals surface area contributed by atoms with Gasteiger partial charge in [-0.2, -0.15) is 0 Å². The van der Waals surface area contributed by atoms with Gasteiger partial charge < -0.3 is 5.32 Å². The van der Waals surface area contributed by atoms with Gasteiger partial charge in [-0.05, 0) is 46.9 Å². The van der Waals surface area contributed by atoms with E-state index in [1.807, 2.05) is 59.3 Å². The van der Waals surface area contributed by atoms with Gasteiger partial charge in [-0.25, -0.2) is 4.68 Å². The predicted octanol–water partition coefficient (Wildman–Crippen LogP) is 3.85. The SMILES string of the molecule is O=C(CSc1nnnn1C1CC1)NC(Cc1ccccc1Cl)c1ccccc1. The highest BCUT2D eigenvalue weighted by Crippen LogP contribution is 2.36. The number of carbonyl (C=O) groups excluding carboxylic acids is 1. The number of aromatic nitrogens is 4. The zero-order valence-electron chi connectivity index (χ0n) is 15.2. The molecule has 1 heterocycles. The van der Waals surface area contributed by atoms with E-state index in [2.05, 4.69) is 20.8 Å². The first-order valence-corrected chi connectivity index (χ1v) is 10.6. The average Bonchev–Trinajstić information content (AvgIpc) is 3.46. The van der Waals surface area contributed by atoms with Gasteiger partial charge in [0.25, 0.3) is 0 Å². The van der Waals surface area contributed by atoms with Gasteiger partial charge in [0.15, 0.2) is 0 Å². The van der Waals surface area contributed by atoms with Crippen LogP contribution < -0.4 is 5.32 Å². The van der Waals surface area contributed by atoms with Crippen molar-refractivity contribution in [2.75, 3.05) is 5.75 Å². The maximum atomic E-state index is 12.7. The zero-order chi connectivity index (χ0) is 19.3. The molecule has 0 aliphatic heterocycles. The van der Waals surface area contributed by atoms with E-state index in [0.29, 0.717) is 22.6 Å². The number of hydrogen-bond donors (Lipinski definition) is 1. The number of rotatable bonds is 8. The summed E-state index contributed by atoms with van der Waals surface area (Å²) >= 11 is 7.70. The van der Waals surface area contributed by atoms with Crippen LogP contribution in [0.25, 0.3) is 0 Å². The number of nitrogens with zero attached hydrogens (tertiary/aromatic N) is 4. The van der Waals surface area contributed by atoms with Crippen LogP contribution in [0, 0.1) is 0 Å². The molecule has 1 aliphatic carbocycles. The summed E-state index contributed by atoms with van der Waals surface area (Å²) in [5.41, 5.74) is 2.05. The van der Waals surface area contributed by atoms with Crippen molar-refractivity contribution in [3.05, 3.63) is 70.7 Å². The van der Waals surface area contributed by atoms with Crippen molar-refractivity contribution in [2.45, 2.75) is 36.5 Å². The number of benzene rings is 2. The monoisotopic (exact) mass is 413 g/mol. The summed E-state index contributed by atoms with van der Waals surface area (Å²) in [6, 6.07) is 17.9. The molecule has 1 aliphatic rings. The van der Waals surface area contributed by atoms with Crippen molar-refractivity contribution in [1.29, 1.82) is 0 Å². The molecule has 0 spiro atoms. The fraction of sp³-hybridized carbons (Fsp3) is 0.300. The molecule has 0 bridgehead atoms.